The number of hydrogen-bond acceptors (Lipinski definition) is 1. The molecule has 0 heterocycles. The summed E-state index contributed by atoms with van der Waals surface area (Å²) in [4.78, 5) is 0. The van der Waals surface area contributed by atoms with E-state index in [1.807, 2.05) is 13.0 Å². The second kappa shape index (κ2) is 4.50. The van der Waals surface area contributed by atoms with Crippen molar-refractivity contribution in [3.63, 3.8) is 0 Å². The van der Waals surface area contributed by atoms with Crippen LogP contribution < -0.4 is 0 Å². The lowest BCUT2D eigenvalue weighted by Crippen LogP contribution is -1.99. The summed E-state index contributed by atoms with van der Waals surface area (Å²) < 4.78 is 0. The fourth-order valence-electron chi connectivity index (χ4n) is 1.89. The number of rotatable bonds is 3. The van der Waals surface area contributed by atoms with Crippen molar-refractivity contribution < 1.29 is 5.11 Å². The van der Waals surface area contributed by atoms with Crippen molar-refractivity contribution in [2.24, 2.45) is 0 Å². The van der Waals surface area contributed by atoms with Crippen LogP contribution in [-0.4, -0.2) is 5.11 Å². The quantitative estimate of drug-likeness (QED) is 0.772. The molecule has 14 heavy (non-hydrogen) atoms. The largest absolute Gasteiger partial charge is 0.508 e. The summed E-state index contributed by atoms with van der Waals surface area (Å²) in [5.41, 5.74) is 3.77. The van der Waals surface area contributed by atoms with Crippen LogP contribution >= 0.6 is 0 Å². The minimum absolute atomic E-state index is 0.429. The highest BCUT2D eigenvalue weighted by Gasteiger charge is 2.10. The Hall–Kier alpha value is -0.980. The van der Waals surface area contributed by atoms with Crippen molar-refractivity contribution in [3.8, 4) is 5.75 Å². The molecule has 0 fully saturated rings. The van der Waals surface area contributed by atoms with E-state index in [1.165, 1.54) is 11.1 Å². The Morgan fingerprint density at radius 1 is 1.29 bits per heavy atom. The third-order valence-corrected chi connectivity index (χ3v) is 2.73. The Balaban J connectivity index is 3.22. The van der Waals surface area contributed by atoms with Crippen molar-refractivity contribution in [3.05, 3.63) is 28.8 Å². The zero-order valence-electron chi connectivity index (χ0n) is 9.59. The Morgan fingerprint density at radius 2 is 1.93 bits per heavy atom. The molecule has 0 saturated heterocycles. The normalized spacial score (nSPS) is 10.9. The van der Waals surface area contributed by atoms with Crippen LogP contribution in [0.5, 0.6) is 5.75 Å². The van der Waals surface area contributed by atoms with Crippen molar-refractivity contribution in [2.75, 3.05) is 0 Å². The van der Waals surface area contributed by atoms with Crippen LogP contribution in [0.1, 0.15) is 49.8 Å². The molecule has 0 bridgehead atoms. The number of phenols is 1. The molecule has 0 aliphatic rings. The maximum Gasteiger partial charge on any atom is 0.118 e. The summed E-state index contributed by atoms with van der Waals surface area (Å²) in [6.45, 7) is 8.58. The monoisotopic (exact) mass is 192 g/mol. The second-order valence-corrected chi connectivity index (χ2v) is 4.18. The molecule has 0 atom stereocenters. The zero-order valence-corrected chi connectivity index (χ0v) is 9.59. The minimum Gasteiger partial charge on any atom is -0.508 e. The van der Waals surface area contributed by atoms with Gasteiger partial charge in [-0.05, 0) is 42.0 Å². The topological polar surface area (TPSA) is 20.2 Å². The third-order valence-electron chi connectivity index (χ3n) is 2.73. The molecule has 1 heteroatoms. The van der Waals surface area contributed by atoms with E-state index in [2.05, 4.69) is 26.8 Å². The molecule has 1 rings (SSSR count). The first-order valence-electron chi connectivity index (χ1n) is 5.39. The first-order chi connectivity index (χ1) is 6.57. The molecule has 1 aromatic carbocycles. The van der Waals surface area contributed by atoms with Crippen LogP contribution in [0.25, 0.3) is 0 Å². The van der Waals surface area contributed by atoms with Gasteiger partial charge in [0, 0.05) is 0 Å². The van der Waals surface area contributed by atoms with Gasteiger partial charge in [0.1, 0.15) is 5.75 Å². The SMILES string of the molecule is CCCc1c(C(C)C)ccc(O)c1C. The lowest BCUT2D eigenvalue weighted by Gasteiger charge is -2.15. The molecule has 0 amide bonds. The van der Waals surface area contributed by atoms with E-state index in [-0.39, 0.29) is 0 Å². The Labute approximate surface area is 86.8 Å². The van der Waals surface area contributed by atoms with Gasteiger partial charge in [-0.15, -0.1) is 0 Å². The fourth-order valence-corrected chi connectivity index (χ4v) is 1.89. The highest BCUT2D eigenvalue weighted by molar-refractivity contribution is 5.44. The summed E-state index contributed by atoms with van der Waals surface area (Å²) in [5.74, 6) is 0.966. The Kier molecular flexibility index (Phi) is 3.56. The molecule has 0 saturated carbocycles. The molecule has 1 nitrogen and oxygen atoms in total. The van der Waals surface area contributed by atoms with E-state index < -0.39 is 0 Å². The summed E-state index contributed by atoms with van der Waals surface area (Å²) in [6.07, 6.45) is 2.19. The molecule has 78 valence electrons. The molecule has 0 aliphatic carbocycles. The molecule has 1 N–H and O–H groups in total. The first kappa shape index (κ1) is 11.1. The zero-order chi connectivity index (χ0) is 10.7. The van der Waals surface area contributed by atoms with Gasteiger partial charge in [0.2, 0.25) is 0 Å². The van der Waals surface area contributed by atoms with Gasteiger partial charge in [-0.1, -0.05) is 33.3 Å². The van der Waals surface area contributed by atoms with E-state index in [9.17, 15) is 5.11 Å². The van der Waals surface area contributed by atoms with Crippen molar-refractivity contribution >= 4 is 0 Å². The predicted octanol–water partition coefficient (Wildman–Crippen LogP) is 3.78. The van der Waals surface area contributed by atoms with Crippen LogP contribution in [0.4, 0.5) is 0 Å². The van der Waals surface area contributed by atoms with Crippen molar-refractivity contribution in [1.82, 2.24) is 0 Å². The minimum atomic E-state index is 0.429. The summed E-state index contributed by atoms with van der Waals surface area (Å²) in [6, 6.07) is 3.86. The Morgan fingerprint density at radius 3 is 2.43 bits per heavy atom. The lowest BCUT2D eigenvalue weighted by molar-refractivity contribution is 0.469. The maximum absolute atomic E-state index is 9.63. The molecule has 1 aromatic rings. The van der Waals surface area contributed by atoms with E-state index in [1.54, 1.807) is 0 Å². The first-order valence-corrected chi connectivity index (χ1v) is 5.39. The molecule has 0 spiro atoms. The smallest absolute Gasteiger partial charge is 0.118 e. The summed E-state index contributed by atoms with van der Waals surface area (Å²) in [5, 5.41) is 9.63. The molecule has 0 aliphatic heterocycles. The van der Waals surface area contributed by atoms with Crippen molar-refractivity contribution in [1.29, 1.82) is 0 Å². The van der Waals surface area contributed by atoms with E-state index in [0.29, 0.717) is 11.7 Å². The van der Waals surface area contributed by atoms with Gasteiger partial charge in [-0.2, -0.15) is 0 Å². The lowest BCUT2D eigenvalue weighted by atomic mass is 9.91. The fraction of sp³-hybridized carbons (Fsp3) is 0.538. The number of phenolic OH excluding ortho intramolecular Hbond substituents is 1. The average molecular weight is 192 g/mol. The van der Waals surface area contributed by atoms with Crippen molar-refractivity contribution in [2.45, 2.75) is 46.5 Å². The summed E-state index contributed by atoms with van der Waals surface area (Å²) >= 11 is 0. The number of hydrogen-bond donors (Lipinski definition) is 1. The van der Waals surface area contributed by atoms with Gasteiger partial charge >= 0.3 is 0 Å². The number of aromatic hydroxyl groups is 1. The van der Waals surface area contributed by atoms with Gasteiger partial charge in [0.15, 0.2) is 0 Å². The highest BCUT2D eigenvalue weighted by atomic mass is 16.3. The molecule has 0 aromatic heterocycles. The molecule has 0 unspecified atom stereocenters. The predicted molar refractivity (Wildman–Crippen MR) is 60.9 cm³/mol. The molecule has 0 radical (unpaired) electrons. The van der Waals surface area contributed by atoms with Crippen LogP contribution in [0.3, 0.4) is 0 Å². The van der Waals surface area contributed by atoms with Gasteiger partial charge in [-0.25, -0.2) is 0 Å². The second-order valence-electron chi connectivity index (χ2n) is 4.18. The molecular formula is C13H20O. The maximum atomic E-state index is 9.63. The van der Waals surface area contributed by atoms with E-state index in [0.717, 1.165) is 18.4 Å². The highest BCUT2D eigenvalue weighted by Crippen LogP contribution is 2.29. The van der Waals surface area contributed by atoms with Crippen LogP contribution in [-0.2, 0) is 6.42 Å². The summed E-state index contributed by atoms with van der Waals surface area (Å²) in [7, 11) is 0. The van der Waals surface area contributed by atoms with E-state index >= 15 is 0 Å². The van der Waals surface area contributed by atoms with Gasteiger partial charge in [0.25, 0.3) is 0 Å². The van der Waals surface area contributed by atoms with Crippen LogP contribution in [0.15, 0.2) is 12.1 Å². The third kappa shape index (κ3) is 2.09. The van der Waals surface area contributed by atoms with Gasteiger partial charge in [-0.3, -0.25) is 0 Å². The standard InChI is InChI=1S/C13H20O/c1-5-6-12-10(4)13(14)8-7-11(12)9(2)3/h7-9,14H,5-6H2,1-4H3. The van der Waals surface area contributed by atoms with Crippen LogP contribution in [0.2, 0.25) is 0 Å². The van der Waals surface area contributed by atoms with Crippen LogP contribution in [0, 0.1) is 6.92 Å². The van der Waals surface area contributed by atoms with Gasteiger partial charge in [0.05, 0.1) is 0 Å². The molecular weight excluding hydrogens is 172 g/mol. The van der Waals surface area contributed by atoms with Gasteiger partial charge < -0.3 is 5.11 Å². The average Bonchev–Trinajstić information content (AvgIpc) is 2.13. The van der Waals surface area contributed by atoms with E-state index in [4.69, 9.17) is 0 Å². The Bertz CT molecular complexity index is 313. The number of benzene rings is 1.